The molecule has 1 N–H and O–H groups in total. The predicted octanol–water partition coefficient (Wildman–Crippen LogP) is 1.50. The first-order valence-electron chi connectivity index (χ1n) is 4.71. The molecule has 0 amide bonds. The Balaban J connectivity index is 3.44. The Morgan fingerprint density at radius 2 is 2.23 bits per heavy atom. The lowest BCUT2D eigenvalue weighted by Gasteiger charge is -2.05. The SMILES string of the molecule is C=C(CCC)C(=O)OCCCNC. The van der Waals surface area contributed by atoms with E-state index in [4.69, 9.17) is 4.74 Å². The summed E-state index contributed by atoms with van der Waals surface area (Å²) in [7, 11) is 1.87. The number of esters is 1. The number of ether oxygens (including phenoxy) is 1. The Morgan fingerprint density at radius 1 is 1.54 bits per heavy atom. The Labute approximate surface area is 80.2 Å². The number of rotatable bonds is 7. The third kappa shape index (κ3) is 6.34. The molecule has 0 saturated heterocycles. The number of carbonyl (C=O) groups is 1. The van der Waals surface area contributed by atoms with Crippen molar-refractivity contribution in [2.45, 2.75) is 26.2 Å². The van der Waals surface area contributed by atoms with Gasteiger partial charge in [-0.05, 0) is 26.4 Å². The predicted molar refractivity (Wildman–Crippen MR) is 53.6 cm³/mol. The van der Waals surface area contributed by atoms with Crippen molar-refractivity contribution in [1.82, 2.24) is 5.32 Å². The summed E-state index contributed by atoms with van der Waals surface area (Å²) in [4.78, 5) is 11.2. The number of hydrogen-bond acceptors (Lipinski definition) is 3. The molecule has 0 aromatic rings. The molecule has 0 unspecified atom stereocenters. The molecule has 0 saturated carbocycles. The lowest BCUT2D eigenvalue weighted by Crippen LogP contribution is -2.13. The summed E-state index contributed by atoms with van der Waals surface area (Å²) in [5.41, 5.74) is 0.576. The van der Waals surface area contributed by atoms with Crippen molar-refractivity contribution >= 4 is 5.97 Å². The Kier molecular flexibility index (Phi) is 7.30. The molecule has 0 aromatic heterocycles. The molecule has 13 heavy (non-hydrogen) atoms. The molecule has 0 atom stereocenters. The van der Waals surface area contributed by atoms with Crippen molar-refractivity contribution < 1.29 is 9.53 Å². The third-order valence-electron chi connectivity index (χ3n) is 1.64. The van der Waals surface area contributed by atoms with Gasteiger partial charge < -0.3 is 10.1 Å². The summed E-state index contributed by atoms with van der Waals surface area (Å²) in [6, 6.07) is 0. The summed E-state index contributed by atoms with van der Waals surface area (Å²) in [5, 5.41) is 2.98. The van der Waals surface area contributed by atoms with E-state index >= 15 is 0 Å². The van der Waals surface area contributed by atoms with Gasteiger partial charge in [0.1, 0.15) is 0 Å². The van der Waals surface area contributed by atoms with Crippen molar-refractivity contribution in [2.24, 2.45) is 0 Å². The van der Waals surface area contributed by atoms with Crippen LogP contribution >= 0.6 is 0 Å². The highest BCUT2D eigenvalue weighted by molar-refractivity contribution is 5.87. The van der Waals surface area contributed by atoms with E-state index in [0.29, 0.717) is 12.2 Å². The van der Waals surface area contributed by atoms with Crippen LogP contribution in [0.3, 0.4) is 0 Å². The van der Waals surface area contributed by atoms with Crippen LogP contribution in [0.1, 0.15) is 26.2 Å². The minimum absolute atomic E-state index is 0.252. The molecule has 0 radical (unpaired) electrons. The topological polar surface area (TPSA) is 38.3 Å². The van der Waals surface area contributed by atoms with E-state index in [-0.39, 0.29) is 5.97 Å². The molecule has 3 heteroatoms. The summed E-state index contributed by atoms with van der Waals surface area (Å²) < 4.78 is 4.98. The van der Waals surface area contributed by atoms with E-state index in [0.717, 1.165) is 25.8 Å². The first-order chi connectivity index (χ1) is 6.22. The van der Waals surface area contributed by atoms with Crippen molar-refractivity contribution in [3.8, 4) is 0 Å². The van der Waals surface area contributed by atoms with Crippen LogP contribution in [0.2, 0.25) is 0 Å². The fourth-order valence-corrected chi connectivity index (χ4v) is 0.920. The average molecular weight is 185 g/mol. The van der Waals surface area contributed by atoms with Gasteiger partial charge in [0, 0.05) is 5.57 Å². The van der Waals surface area contributed by atoms with E-state index in [1.54, 1.807) is 0 Å². The molecule has 3 nitrogen and oxygen atoms in total. The first-order valence-corrected chi connectivity index (χ1v) is 4.71. The molecular weight excluding hydrogens is 166 g/mol. The number of carbonyl (C=O) groups excluding carboxylic acids is 1. The summed E-state index contributed by atoms with van der Waals surface area (Å²) in [6.45, 7) is 7.01. The minimum Gasteiger partial charge on any atom is -0.462 e. The van der Waals surface area contributed by atoms with Crippen molar-refractivity contribution in [3.63, 3.8) is 0 Å². The molecule has 0 bridgehead atoms. The highest BCUT2D eigenvalue weighted by Gasteiger charge is 2.05. The van der Waals surface area contributed by atoms with Crippen molar-refractivity contribution in [2.75, 3.05) is 20.2 Å². The Morgan fingerprint density at radius 3 is 2.77 bits per heavy atom. The molecule has 0 aliphatic heterocycles. The lowest BCUT2D eigenvalue weighted by atomic mass is 10.2. The van der Waals surface area contributed by atoms with Gasteiger partial charge in [-0.15, -0.1) is 0 Å². The average Bonchev–Trinajstić information content (AvgIpc) is 2.12. The van der Waals surface area contributed by atoms with E-state index in [1.165, 1.54) is 0 Å². The number of hydrogen-bond donors (Lipinski definition) is 1. The minimum atomic E-state index is -0.252. The molecule has 0 fully saturated rings. The smallest absolute Gasteiger partial charge is 0.333 e. The summed E-state index contributed by atoms with van der Waals surface area (Å²) in [6.07, 6.45) is 2.51. The van der Waals surface area contributed by atoms with Gasteiger partial charge in [0.15, 0.2) is 0 Å². The highest BCUT2D eigenvalue weighted by atomic mass is 16.5. The van der Waals surface area contributed by atoms with Gasteiger partial charge in [-0.25, -0.2) is 4.79 Å². The lowest BCUT2D eigenvalue weighted by molar-refractivity contribution is -0.139. The maximum Gasteiger partial charge on any atom is 0.333 e. The quantitative estimate of drug-likeness (QED) is 0.371. The molecule has 0 rings (SSSR count). The van der Waals surface area contributed by atoms with Crippen LogP contribution in [0.5, 0.6) is 0 Å². The third-order valence-corrected chi connectivity index (χ3v) is 1.64. The fourth-order valence-electron chi connectivity index (χ4n) is 0.920. The molecule has 0 aliphatic carbocycles. The van der Waals surface area contributed by atoms with Crippen LogP contribution in [0.4, 0.5) is 0 Å². The fraction of sp³-hybridized carbons (Fsp3) is 0.700. The summed E-state index contributed by atoms with van der Waals surface area (Å²) >= 11 is 0. The standard InChI is InChI=1S/C10H19NO2/c1-4-6-9(2)10(12)13-8-5-7-11-3/h11H,2,4-8H2,1,3H3. The van der Waals surface area contributed by atoms with Crippen LogP contribution in [-0.4, -0.2) is 26.2 Å². The molecule has 0 aliphatic rings. The van der Waals surface area contributed by atoms with Gasteiger partial charge >= 0.3 is 5.97 Å². The maximum absolute atomic E-state index is 11.2. The van der Waals surface area contributed by atoms with Crippen LogP contribution in [0.15, 0.2) is 12.2 Å². The van der Waals surface area contributed by atoms with Gasteiger partial charge in [0.05, 0.1) is 6.61 Å². The van der Waals surface area contributed by atoms with Gasteiger partial charge in [-0.2, -0.15) is 0 Å². The van der Waals surface area contributed by atoms with Gasteiger partial charge in [0.25, 0.3) is 0 Å². The molecule has 0 heterocycles. The Bertz CT molecular complexity index is 166. The van der Waals surface area contributed by atoms with Crippen LogP contribution < -0.4 is 5.32 Å². The molecular formula is C10H19NO2. The van der Waals surface area contributed by atoms with E-state index in [2.05, 4.69) is 11.9 Å². The van der Waals surface area contributed by atoms with Gasteiger partial charge in [0.2, 0.25) is 0 Å². The zero-order chi connectivity index (χ0) is 10.1. The second kappa shape index (κ2) is 7.80. The normalized spacial score (nSPS) is 9.69. The molecule has 76 valence electrons. The Hall–Kier alpha value is -0.830. The monoisotopic (exact) mass is 185 g/mol. The van der Waals surface area contributed by atoms with Crippen LogP contribution in [0, 0.1) is 0 Å². The van der Waals surface area contributed by atoms with E-state index in [1.807, 2.05) is 14.0 Å². The van der Waals surface area contributed by atoms with Crippen molar-refractivity contribution in [3.05, 3.63) is 12.2 Å². The first kappa shape index (κ1) is 12.2. The largest absolute Gasteiger partial charge is 0.462 e. The van der Waals surface area contributed by atoms with Crippen LogP contribution in [-0.2, 0) is 9.53 Å². The van der Waals surface area contributed by atoms with Gasteiger partial charge in [-0.1, -0.05) is 19.9 Å². The molecule has 0 aromatic carbocycles. The molecule has 0 spiro atoms. The zero-order valence-electron chi connectivity index (χ0n) is 8.56. The second-order valence-electron chi connectivity index (χ2n) is 2.95. The van der Waals surface area contributed by atoms with Gasteiger partial charge in [-0.3, -0.25) is 0 Å². The zero-order valence-corrected chi connectivity index (χ0v) is 8.56. The second-order valence-corrected chi connectivity index (χ2v) is 2.95. The van der Waals surface area contributed by atoms with Crippen molar-refractivity contribution in [1.29, 1.82) is 0 Å². The maximum atomic E-state index is 11.2. The summed E-state index contributed by atoms with van der Waals surface area (Å²) in [5.74, 6) is -0.252. The number of nitrogens with one attached hydrogen (secondary N) is 1. The van der Waals surface area contributed by atoms with E-state index in [9.17, 15) is 4.79 Å². The van der Waals surface area contributed by atoms with E-state index < -0.39 is 0 Å². The van der Waals surface area contributed by atoms with Crippen LogP contribution in [0.25, 0.3) is 0 Å². The highest BCUT2D eigenvalue weighted by Crippen LogP contribution is 2.03.